The Hall–Kier alpha value is -1.44. The molecular formula is C20H30N2O4S. The van der Waals surface area contributed by atoms with E-state index in [2.05, 4.69) is 10.6 Å². The number of amides is 1. The molecule has 150 valence electrons. The Kier molecular flexibility index (Phi) is 7.67. The minimum absolute atomic E-state index is 0.0666. The zero-order valence-electron chi connectivity index (χ0n) is 16.1. The van der Waals surface area contributed by atoms with Crippen molar-refractivity contribution in [2.75, 3.05) is 52.3 Å². The van der Waals surface area contributed by atoms with Crippen LogP contribution in [0.1, 0.15) is 25.7 Å². The Morgan fingerprint density at radius 2 is 2.04 bits per heavy atom. The Morgan fingerprint density at radius 1 is 1.26 bits per heavy atom. The fraction of sp³-hybridized carbons (Fsp3) is 0.650. The minimum atomic E-state index is 0.0666. The average molecular weight is 395 g/mol. The lowest BCUT2D eigenvalue weighted by Gasteiger charge is -2.37. The molecule has 1 aromatic carbocycles. The summed E-state index contributed by atoms with van der Waals surface area (Å²) in [7, 11) is 1.73. The molecule has 6 nitrogen and oxygen atoms in total. The molecule has 0 spiro atoms. The van der Waals surface area contributed by atoms with E-state index in [1.807, 2.05) is 18.2 Å². The summed E-state index contributed by atoms with van der Waals surface area (Å²) < 4.78 is 16.8. The fourth-order valence-electron chi connectivity index (χ4n) is 3.50. The van der Waals surface area contributed by atoms with Crippen molar-refractivity contribution in [2.45, 2.75) is 30.6 Å². The molecule has 2 heterocycles. The predicted octanol–water partition coefficient (Wildman–Crippen LogP) is 2.46. The number of methoxy groups -OCH3 is 1. The summed E-state index contributed by atoms with van der Waals surface area (Å²) in [5, 5.41) is 6.49. The summed E-state index contributed by atoms with van der Waals surface area (Å²) in [5.41, 5.74) is 0.0666. The van der Waals surface area contributed by atoms with Gasteiger partial charge < -0.3 is 24.8 Å². The maximum atomic E-state index is 12.3. The molecule has 0 radical (unpaired) electrons. The third-order valence-electron chi connectivity index (χ3n) is 5.09. The van der Waals surface area contributed by atoms with Crippen LogP contribution in [0.5, 0.6) is 11.5 Å². The van der Waals surface area contributed by atoms with Gasteiger partial charge in [0, 0.05) is 42.6 Å². The molecule has 1 fully saturated rings. The lowest BCUT2D eigenvalue weighted by atomic mass is 9.79. The molecule has 1 aromatic rings. The first-order chi connectivity index (χ1) is 13.2. The van der Waals surface area contributed by atoms with Gasteiger partial charge in [-0.1, -0.05) is 0 Å². The molecule has 3 rings (SSSR count). The van der Waals surface area contributed by atoms with E-state index in [4.69, 9.17) is 14.2 Å². The number of nitrogens with one attached hydrogen (secondary N) is 2. The number of ether oxygens (including phenoxy) is 3. The quantitative estimate of drug-likeness (QED) is 0.660. The number of rotatable bonds is 8. The molecule has 2 N–H and O–H groups in total. The van der Waals surface area contributed by atoms with Crippen molar-refractivity contribution in [1.29, 1.82) is 0 Å². The highest BCUT2D eigenvalue weighted by atomic mass is 32.2. The predicted molar refractivity (Wildman–Crippen MR) is 107 cm³/mol. The molecule has 1 saturated heterocycles. The molecular weight excluding hydrogens is 364 g/mol. The van der Waals surface area contributed by atoms with Crippen molar-refractivity contribution in [3.05, 3.63) is 18.2 Å². The molecule has 1 amide bonds. The number of benzene rings is 1. The SMILES string of the molecule is COCC1(CNC(=O)CCSc2ccc3c(c2)OCCCO3)CCNCC1. The van der Waals surface area contributed by atoms with Gasteiger partial charge in [-0.2, -0.15) is 0 Å². The van der Waals surface area contributed by atoms with E-state index in [1.165, 1.54) is 0 Å². The maximum absolute atomic E-state index is 12.3. The van der Waals surface area contributed by atoms with Crippen molar-refractivity contribution in [2.24, 2.45) is 5.41 Å². The molecule has 0 aliphatic carbocycles. The molecule has 0 bridgehead atoms. The smallest absolute Gasteiger partial charge is 0.220 e. The van der Waals surface area contributed by atoms with Gasteiger partial charge in [-0.3, -0.25) is 4.79 Å². The molecule has 2 aliphatic heterocycles. The van der Waals surface area contributed by atoms with Gasteiger partial charge in [0.1, 0.15) is 0 Å². The maximum Gasteiger partial charge on any atom is 0.220 e. The first-order valence-corrected chi connectivity index (χ1v) is 10.7. The third kappa shape index (κ3) is 6.02. The van der Waals surface area contributed by atoms with Crippen molar-refractivity contribution < 1.29 is 19.0 Å². The number of piperidine rings is 1. The molecule has 0 saturated carbocycles. The van der Waals surface area contributed by atoms with Gasteiger partial charge in [0.25, 0.3) is 0 Å². The van der Waals surface area contributed by atoms with E-state index < -0.39 is 0 Å². The van der Waals surface area contributed by atoms with Gasteiger partial charge in [0.05, 0.1) is 19.8 Å². The van der Waals surface area contributed by atoms with E-state index >= 15 is 0 Å². The van der Waals surface area contributed by atoms with Gasteiger partial charge in [0.2, 0.25) is 5.91 Å². The van der Waals surface area contributed by atoms with Gasteiger partial charge in [-0.05, 0) is 44.1 Å². The average Bonchev–Trinajstić information content (AvgIpc) is 2.92. The second-order valence-electron chi connectivity index (χ2n) is 7.22. The lowest BCUT2D eigenvalue weighted by Crippen LogP contribution is -2.47. The number of carbonyl (C=O) groups excluding carboxylic acids is 1. The van der Waals surface area contributed by atoms with Crippen LogP contribution in [0.15, 0.2) is 23.1 Å². The van der Waals surface area contributed by atoms with Crippen LogP contribution in [0, 0.1) is 5.41 Å². The van der Waals surface area contributed by atoms with E-state index in [0.717, 1.165) is 54.5 Å². The van der Waals surface area contributed by atoms with E-state index in [-0.39, 0.29) is 11.3 Å². The molecule has 2 aliphatic rings. The van der Waals surface area contributed by atoms with Crippen LogP contribution in [-0.4, -0.2) is 58.2 Å². The highest BCUT2D eigenvalue weighted by Gasteiger charge is 2.32. The van der Waals surface area contributed by atoms with Crippen LogP contribution in [0.3, 0.4) is 0 Å². The van der Waals surface area contributed by atoms with Crippen molar-refractivity contribution in [1.82, 2.24) is 10.6 Å². The number of fused-ring (bicyclic) bond motifs is 1. The van der Waals surface area contributed by atoms with E-state index in [9.17, 15) is 4.79 Å². The second-order valence-corrected chi connectivity index (χ2v) is 8.39. The van der Waals surface area contributed by atoms with Crippen LogP contribution in [0.4, 0.5) is 0 Å². The van der Waals surface area contributed by atoms with Crippen LogP contribution in [0.2, 0.25) is 0 Å². The highest BCUT2D eigenvalue weighted by molar-refractivity contribution is 7.99. The molecule has 0 aromatic heterocycles. The molecule has 0 atom stereocenters. The van der Waals surface area contributed by atoms with Crippen LogP contribution in [-0.2, 0) is 9.53 Å². The lowest BCUT2D eigenvalue weighted by molar-refractivity contribution is -0.121. The summed E-state index contributed by atoms with van der Waals surface area (Å²) in [6, 6.07) is 5.99. The first kappa shape index (κ1) is 20.3. The summed E-state index contributed by atoms with van der Waals surface area (Å²) in [6.45, 7) is 4.73. The van der Waals surface area contributed by atoms with Crippen LogP contribution >= 0.6 is 11.8 Å². The zero-order valence-corrected chi connectivity index (χ0v) is 16.9. The molecule has 27 heavy (non-hydrogen) atoms. The summed E-state index contributed by atoms with van der Waals surface area (Å²) in [4.78, 5) is 13.4. The van der Waals surface area contributed by atoms with Gasteiger partial charge >= 0.3 is 0 Å². The number of carbonyl (C=O) groups is 1. The van der Waals surface area contributed by atoms with Crippen LogP contribution < -0.4 is 20.1 Å². The van der Waals surface area contributed by atoms with Crippen LogP contribution in [0.25, 0.3) is 0 Å². The Labute approximate surface area is 165 Å². The monoisotopic (exact) mass is 394 g/mol. The van der Waals surface area contributed by atoms with Gasteiger partial charge in [-0.25, -0.2) is 0 Å². The highest BCUT2D eigenvalue weighted by Crippen LogP contribution is 2.34. The normalized spacial score (nSPS) is 18.6. The van der Waals surface area contributed by atoms with Gasteiger partial charge in [-0.15, -0.1) is 11.8 Å². The Morgan fingerprint density at radius 3 is 2.81 bits per heavy atom. The number of hydrogen-bond donors (Lipinski definition) is 2. The largest absolute Gasteiger partial charge is 0.490 e. The fourth-order valence-corrected chi connectivity index (χ4v) is 4.38. The van der Waals surface area contributed by atoms with Crippen molar-refractivity contribution in [3.8, 4) is 11.5 Å². The van der Waals surface area contributed by atoms with E-state index in [1.54, 1.807) is 18.9 Å². The Bertz CT molecular complexity index is 614. The molecule has 7 heteroatoms. The first-order valence-electron chi connectivity index (χ1n) is 9.70. The summed E-state index contributed by atoms with van der Waals surface area (Å²) in [6.07, 6.45) is 3.47. The van der Waals surface area contributed by atoms with Crippen molar-refractivity contribution >= 4 is 17.7 Å². The van der Waals surface area contributed by atoms with E-state index in [0.29, 0.717) is 32.8 Å². The summed E-state index contributed by atoms with van der Waals surface area (Å²) >= 11 is 1.67. The zero-order chi connectivity index (χ0) is 19.0. The second kappa shape index (κ2) is 10.2. The third-order valence-corrected chi connectivity index (χ3v) is 6.09. The van der Waals surface area contributed by atoms with Crippen molar-refractivity contribution in [3.63, 3.8) is 0 Å². The minimum Gasteiger partial charge on any atom is -0.490 e. The summed E-state index contributed by atoms with van der Waals surface area (Å²) in [5.74, 6) is 2.45. The Balaban J connectivity index is 1.42. The molecule has 0 unspecified atom stereocenters. The standard InChI is InChI=1S/C20H30N2O4S/c1-24-15-20(6-8-21-9-7-20)14-22-19(23)5-12-27-16-3-4-17-18(13-16)26-11-2-10-25-17/h3-4,13,21H,2,5-12,14-15H2,1H3,(H,22,23). The number of hydrogen-bond acceptors (Lipinski definition) is 6. The number of thioether (sulfide) groups is 1. The topological polar surface area (TPSA) is 68.8 Å². The van der Waals surface area contributed by atoms with Gasteiger partial charge in [0.15, 0.2) is 11.5 Å².